The fraction of sp³-hybridized carbons (Fsp3) is 0.250. The number of rotatable bonds is 8. The average molecular weight is 367 g/mol. The van der Waals surface area contributed by atoms with Crippen LogP contribution < -0.4 is 10.1 Å². The van der Waals surface area contributed by atoms with Crippen molar-refractivity contribution >= 4 is 24.0 Å². The Kier molecular flexibility index (Phi) is 6.16. The van der Waals surface area contributed by atoms with Gasteiger partial charge in [-0.25, -0.2) is 0 Å². The molecular formula is C20H22BNO5. The molecule has 27 heavy (non-hydrogen) atoms. The molecule has 2 aromatic carbocycles. The molecule has 0 unspecified atom stereocenters. The highest BCUT2D eigenvalue weighted by molar-refractivity contribution is 6.43. The number of para-hydroxylation sites is 1. The van der Waals surface area contributed by atoms with Crippen LogP contribution in [0.15, 0.2) is 59.2 Å². The third-order valence-electron chi connectivity index (χ3n) is 4.31. The minimum atomic E-state index is -1.68. The molecule has 1 aromatic heterocycles. The maximum atomic E-state index is 12.3. The SMILES string of the molecule is CCOc1ccc(CC(=O)N[C@@H](Cc2coc3ccccc23)B(O)O)cc1. The van der Waals surface area contributed by atoms with Crippen LogP contribution in [0.2, 0.25) is 0 Å². The summed E-state index contributed by atoms with van der Waals surface area (Å²) in [6.45, 7) is 2.49. The number of hydrogen-bond donors (Lipinski definition) is 3. The van der Waals surface area contributed by atoms with Gasteiger partial charge in [0.05, 0.1) is 25.2 Å². The minimum absolute atomic E-state index is 0.141. The van der Waals surface area contributed by atoms with Crippen molar-refractivity contribution in [2.24, 2.45) is 0 Å². The van der Waals surface area contributed by atoms with Crippen LogP contribution in [-0.2, 0) is 17.6 Å². The zero-order valence-corrected chi connectivity index (χ0v) is 15.1. The third kappa shape index (κ3) is 4.90. The number of amides is 1. The van der Waals surface area contributed by atoms with Gasteiger partial charge in [0.1, 0.15) is 11.3 Å². The highest BCUT2D eigenvalue weighted by atomic mass is 16.5. The summed E-state index contributed by atoms with van der Waals surface area (Å²) in [7, 11) is -1.68. The number of furan rings is 1. The van der Waals surface area contributed by atoms with Gasteiger partial charge in [-0.05, 0) is 42.7 Å². The second-order valence-corrected chi connectivity index (χ2v) is 6.30. The number of benzene rings is 2. The standard InChI is InChI=1S/C20H22BNO5/c1-2-26-16-9-7-14(8-10-16)11-20(23)22-19(21(24)25)12-15-13-27-18-6-4-3-5-17(15)18/h3-10,13,19,24-25H,2,11-12H2,1H3,(H,22,23)/t19-/m0/s1. The summed E-state index contributed by atoms with van der Waals surface area (Å²) in [5.74, 6) is -0.372. The van der Waals surface area contributed by atoms with E-state index in [1.54, 1.807) is 6.26 Å². The Bertz CT molecular complexity index is 891. The van der Waals surface area contributed by atoms with Gasteiger partial charge < -0.3 is 24.5 Å². The molecule has 3 N–H and O–H groups in total. The smallest absolute Gasteiger partial charge is 0.475 e. The fourth-order valence-corrected chi connectivity index (χ4v) is 2.97. The Balaban J connectivity index is 1.64. The molecule has 0 radical (unpaired) electrons. The van der Waals surface area contributed by atoms with Gasteiger partial charge >= 0.3 is 7.12 Å². The number of ether oxygens (including phenoxy) is 1. The zero-order chi connectivity index (χ0) is 19.2. The topological polar surface area (TPSA) is 91.9 Å². The fourth-order valence-electron chi connectivity index (χ4n) is 2.97. The second-order valence-electron chi connectivity index (χ2n) is 6.30. The van der Waals surface area contributed by atoms with E-state index in [0.717, 1.165) is 27.8 Å². The molecule has 0 spiro atoms. The largest absolute Gasteiger partial charge is 0.494 e. The molecule has 0 fully saturated rings. The molecule has 3 rings (SSSR count). The summed E-state index contributed by atoms with van der Waals surface area (Å²) in [4.78, 5) is 12.3. The van der Waals surface area contributed by atoms with Gasteiger partial charge in [0, 0.05) is 5.39 Å². The summed E-state index contributed by atoms with van der Waals surface area (Å²) in [6, 6.07) is 14.7. The molecule has 140 valence electrons. The van der Waals surface area contributed by atoms with Crippen LogP contribution >= 0.6 is 0 Å². The maximum absolute atomic E-state index is 12.3. The Morgan fingerprint density at radius 2 is 1.93 bits per heavy atom. The van der Waals surface area contributed by atoms with E-state index in [-0.39, 0.29) is 18.7 Å². The maximum Gasteiger partial charge on any atom is 0.475 e. The van der Waals surface area contributed by atoms with Crippen LogP contribution in [-0.4, -0.2) is 35.6 Å². The van der Waals surface area contributed by atoms with Crippen molar-refractivity contribution < 1.29 is 24.0 Å². The van der Waals surface area contributed by atoms with Crippen molar-refractivity contribution in [2.45, 2.75) is 25.7 Å². The molecule has 1 amide bonds. The molecule has 7 heteroatoms. The summed E-state index contributed by atoms with van der Waals surface area (Å²) < 4.78 is 10.9. The molecule has 0 bridgehead atoms. The zero-order valence-electron chi connectivity index (χ0n) is 15.1. The second kappa shape index (κ2) is 8.75. The molecule has 6 nitrogen and oxygen atoms in total. The quantitative estimate of drug-likeness (QED) is 0.531. The lowest BCUT2D eigenvalue weighted by Gasteiger charge is -2.17. The van der Waals surface area contributed by atoms with Crippen molar-refractivity contribution in [1.82, 2.24) is 5.32 Å². The number of fused-ring (bicyclic) bond motifs is 1. The van der Waals surface area contributed by atoms with E-state index in [1.165, 1.54) is 0 Å². The van der Waals surface area contributed by atoms with Crippen molar-refractivity contribution in [2.75, 3.05) is 6.61 Å². The van der Waals surface area contributed by atoms with Crippen LogP contribution in [0.3, 0.4) is 0 Å². The van der Waals surface area contributed by atoms with Crippen LogP contribution in [0.25, 0.3) is 11.0 Å². The highest BCUT2D eigenvalue weighted by Crippen LogP contribution is 2.22. The first kappa shape index (κ1) is 19.0. The molecule has 1 heterocycles. The molecule has 0 saturated heterocycles. The summed E-state index contributed by atoms with van der Waals surface area (Å²) in [5.41, 5.74) is 2.35. The monoisotopic (exact) mass is 367 g/mol. The van der Waals surface area contributed by atoms with Gasteiger partial charge in [-0.3, -0.25) is 4.79 Å². The summed E-state index contributed by atoms with van der Waals surface area (Å²) >= 11 is 0. The first-order valence-corrected chi connectivity index (χ1v) is 8.89. The normalized spacial score (nSPS) is 12.0. The van der Waals surface area contributed by atoms with Gasteiger partial charge in [-0.15, -0.1) is 0 Å². The van der Waals surface area contributed by atoms with E-state index in [9.17, 15) is 14.8 Å². The average Bonchev–Trinajstić information content (AvgIpc) is 3.06. The molecule has 1 atom stereocenters. The molecule has 0 aliphatic rings. The van der Waals surface area contributed by atoms with Crippen LogP contribution in [0, 0.1) is 0 Å². The van der Waals surface area contributed by atoms with E-state index < -0.39 is 13.1 Å². The lowest BCUT2D eigenvalue weighted by molar-refractivity contribution is -0.120. The van der Waals surface area contributed by atoms with E-state index in [0.29, 0.717) is 6.61 Å². The minimum Gasteiger partial charge on any atom is -0.494 e. The van der Waals surface area contributed by atoms with Gasteiger partial charge in [-0.1, -0.05) is 30.3 Å². The molecule has 0 aliphatic heterocycles. The third-order valence-corrected chi connectivity index (χ3v) is 4.31. The highest BCUT2D eigenvalue weighted by Gasteiger charge is 2.26. The first-order chi connectivity index (χ1) is 13.1. The Morgan fingerprint density at radius 1 is 1.19 bits per heavy atom. The summed E-state index contributed by atoms with van der Waals surface area (Å²) in [5, 5.41) is 23.0. The first-order valence-electron chi connectivity index (χ1n) is 8.89. The number of nitrogens with one attached hydrogen (secondary N) is 1. The van der Waals surface area contributed by atoms with E-state index in [4.69, 9.17) is 9.15 Å². The molecular weight excluding hydrogens is 345 g/mol. The Hall–Kier alpha value is -2.77. The number of carbonyl (C=O) groups is 1. The molecule has 0 saturated carbocycles. The van der Waals surface area contributed by atoms with Gasteiger partial charge in [0.2, 0.25) is 5.91 Å². The van der Waals surface area contributed by atoms with Crippen LogP contribution in [0.4, 0.5) is 0 Å². The Labute approximate surface area is 157 Å². The van der Waals surface area contributed by atoms with Crippen molar-refractivity contribution in [1.29, 1.82) is 0 Å². The lowest BCUT2D eigenvalue weighted by atomic mass is 9.75. The van der Waals surface area contributed by atoms with E-state index in [2.05, 4.69) is 5.32 Å². The van der Waals surface area contributed by atoms with E-state index in [1.807, 2.05) is 55.5 Å². The van der Waals surface area contributed by atoms with Crippen molar-refractivity contribution in [3.8, 4) is 5.75 Å². The Morgan fingerprint density at radius 3 is 2.63 bits per heavy atom. The number of hydrogen-bond acceptors (Lipinski definition) is 5. The lowest BCUT2D eigenvalue weighted by Crippen LogP contribution is -2.48. The molecule has 0 aliphatic carbocycles. The van der Waals surface area contributed by atoms with Crippen molar-refractivity contribution in [3.05, 3.63) is 65.9 Å². The van der Waals surface area contributed by atoms with Crippen LogP contribution in [0.1, 0.15) is 18.1 Å². The number of carbonyl (C=O) groups excluding carboxylic acids is 1. The van der Waals surface area contributed by atoms with E-state index >= 15 is 0 Å². The van der Waals surface area contributed by atoms with Gasteiger partial charge in [0.25, 0.3) is 0 Å². The molecule has 3 aromatic rings. The predicted molar refractivity (Wildman–Crippen MR) is 103 cm³/mol. The van der Waals surface area contributed by atoms with Gasteiger partial charge in [0.15, 0.2) is 0 Å². The van der Waals surface area contributed by atoms with Gasteiger partial charge in [-0.2, -0.15) is 0 Å². The predicted octanol–water partition coefficient (Wildman–Crippen LogP) is 2.11. The van der Waals surface area contributed by atoms with Crippen molar-refractivity contribution in [3.63, 3.8) is 0 Å². The summed E-state index contributed by atoms with van der Waals surface area (Å²) in [6.07, 6.45) is 1.98. The van der Waals surface area contributed by atoms with Crippen LogP contribution in [0.5, 0.6) is 5.75 Å².